The number of nitrogen functional groups attached to an aromatic ring is 1. The Morgan fingerprint density at radius 1 is 1.04 bits per heavy atom. The number of cyclic esters (lactones) is 1. The molecular formula is C31H35F3N4O6S. The third-order valence-corrected chi connectivity index (χ3v) is 9.02. The number of alkyl halides is 3. The van der Waals surface area contributed by atoms with Crippen LogP contribution in [0.1, 0.15) is 25.0 Å². The van der Waals surface area contributed by atoms with Crippen LogP contribution in [0.15, 0.2) is 83.8 Å². The van der Waals surface area contributed by atoms with Gasteiger partial charge in [-0.05, 0) is 54.3 Å². The number of nitrogens with one attached hydrogen (secondary N) is 1. The number of sulfonamides is 1. The number of halogens is 3. The molecule has 3 aromatic carbocycles. The Morgan fingerprint density at radius 2 is 1.67 bits per heavy atom. The summed E-state index contributed by atoms with van der Waals surface area (Å²) in [6.07, 6.45) is -8.74. The molecule has 0 aliphatic carbocycles. The number of hydrogen-bond acceptors (Lipinski definition) is 7. The minimum Gasteiger partial charge on any atom is -0.434 e. The summed E-state index contributed by atoms with van der Waals surface area (Å²) >= 11 is 0. The lowest BCUT2D eigenvalue weighted by Crippen LogP contribution is -2.53. The van der Waals surface area contributed by atoms with Crippen molar-refractivity contribution in [2.24, 2.45) is 5.92 Å². The van der Waals surface area contributed by atoms with Crippen LogP contribution in [0.4, 0.5) is 29.3 Å². The lowest BCUT2D eigenvalue weighted by Gasteiger charge is -2.31. The number of nitrogens with two attached hydrogens (primary N) is 1. The first-order valence-corrected chi connectivity index (χ1v) is 15.6. The molecule has 14 heteroatoms. The van der Waals surface area contributed by atoms with Crippen molar-refractivity contribution in [3.8, 4) is 0 Å². The summed E-state index contributed by atoms with van der Waals surface area (Å²) < 4.78 is 74.3. The van der Waals surface area contributed by atoms with E-state index in [2.05, 4.69) is 5.32 Å². The molecule has 3 atom stereocenters. The van der Waals surface area contributed by atoms with Gasteiger partial charge in [0, 0.05) is 18.8 Å². The fourth-order valence-corrected chi connectivity index (χ4v) is 6.60. The van der Waals surface area contributed by atoms with Crippen LogP contribution in [0.2, 0.25) is 0 Å². The smallest absolute Gasteiger partial charge is 0.418 e. The van der Waals surface area contributed by atoms with Gasteiger partial charge in [-0.3, -0.25) is 9.69 Å². The molecule has 0 bridgehead atoms. The number of ether oxygens (including phenoxy) is 1. The van der Waals surface area contributed by atoms with Crippen LogP contribution in [0.25, 0.3) is 0 Å². The van der Waals surface area contributed by atoms with E-state index >= 15 is 0 Å². The predicted octanol–water partition coefficient (Wildman–Crippen LogP) is 4.05. The van der Waals surface area contributed by atoms with Gasteiger partial charge in [0.15, 0.2) is 6.10 Å². The number of amides is 2. The minimum absolute atomic E-state index is 0.0229. The van der Waals surface area contributed by atoms with Gasteiger partial charge >= 0.3 is 12.3 Å². The zero-order valence-corrected chi connectivity index (χ0v) is 25.5. The zero-order valence-electron chi connectivity index (χ0n) is 24.6. The molecule has 45 heavy (non-hydrogen) atoms. The molecule has 2 amide bonds. The van der Waals surface area contributed by atoms with Gasteiger partial charge in [0.25, 0.3) is 5.91 Å². The van der Waals surface area contributed by atoms with Crippen LogP contribution in [0.5, 0.6) is 0 Å². The first-order chi connectivity index (χ1) is 21.2. The van der Waals surface area contributed by atoms with Crippen LogP contribution in [0, 0.1) is 5.92 Å². The molecule has 10 nitrogen and oxygen atoms in total. The van der Waals surface area contributed by atoms with Crippen LogP contribution < -0.4 is 16.0 Å². The molecule has 4 rings (SSSR count). The maximum absolute atomic E-state index is 13.6. The average molecular weight is 649 g/mol. The summed E-state index contributed by atoms with van der Waals surface area (Å²) in [7, 11) is -4.08. The minimum atomic E-state index is -4.75. The summed E-state index contributed by atoms with van der Waals surface area (Å²) in [5, 5.41) is 14.1. The third kappa shape index (κ3) is 8.32. The van der Waals surface area contributed by atoms with Gasteiger partial charge in [-0.1, -0.05) is 56.3 Å². The Kier molecular flexibility index (Phi) is 10.4. The highest BCUT2D eigenvalue weighted by molar-refractivity contribution is 7.89. The Hall–Kier alpha value is -4.14. The number of nitrogens with zero attached hydrogens (tertiary/aromatic N) is 2. The summed E-state index contributed by atoms with van der Waals surface area (Å²) in [6, 6.07) is 17.8. The predicted molar refractivity (Wildman–Crippen MR) is 162 cm³/mol. The van der Waals surface area contributed by atoms with Crippen LogP contribution in [-0.2, 0) is 32.2 Å². The van der Waals surface area contributed by atoms with Gasteiger partial charge in [0.1, 0.15) is 0 Å². The molecule has 0 saturated carbocycles. The molecule has 242 valence electrons. The SMILES string of the molecule is CC(C)CN(C[C@@H](O)[C@H](Cc1ccccc1)NC(=O)[C@@H]1CN(c2ccccc2C(F)(F)F)C(=O)O1)S(=O)(=O)c1ccc(N)cc1. The fourth-order valence-electron chi connectivity index (χ4n) is 4.97. The largest absolute Gasteiger partial charge is 0.434 e. The second-order valence-corrected chi connectivity index (χ2v) is 13.1. The van der Waals surface area contributed by atoms with E-state index in [0.717, 1.165) is 21.3 Å². The molecule has 1 fully saturated rings. The molecule has 0 radical (unpaired) electrons. The molecule has 0 unspecified atom stereocenters. The molecule has 1 saturated heterocycles. The number of hydrogen-bond donors (Lipinski definition) is 3. The molecule has 1 aliphatic heterocycles. The number of anilines is 2. The van der Waals surface area contributed by atoms with Gasteiger partial charge < -0.3 is 20.9 Å². The molecule has 0 spiro atoms. The average Bonchev–Trinajstić information content (AvgIpc) is 3.38. The van der Waals surface area contributed by atoms with Crippen molar-refractivity contribution >= 4 is 33.4 Å². The monoisotopic (exact) mass is 648 g/mol. The maximum atomic E-state index is 13.6. The number of aliphatic hydroxyl groups is 1. The van der Waals surface area contributed by atoms with Gasteiger partial charge in [-0.2, -0.15) is 17.5 Å². The normalized spacial score (nSPS) is 16.9. The summed E-state index contributed by atoms with van der Waals surface area (Å²) in [6.45, 7) is 2.80. The van der Waals surface area contributed by atoms with Gasteiger partial charge in [-0.15, -0.1) is 0 Å². The number of aliphatic hydroxyl groups excluding tert-OH is 1. The first kappa shape index (κ1) is 33.7. The Labute approximate surface area is 259 Å². The van der Waals surface area contributed by atoms with Crippen molar-refractivity contribution in [3.05, 3.63) is 90.0 Å². The molecule has 0 aromatic heterocycles. The van der Waals surface area contributed by atoms with E-state index < -0.39 is 70.8 Å². The number of para-hydroxylation sites is 1. The van der Waals surface area contributed by atoms with E-state index in [-0.39, 0.29) is 23.8 Å². The third-order valence-electron chi connectivity index (χ3n) is 7.17. The summed E-state index contributed by atoms with van der Waals surface area (Å²) in [4.78, 5) is 26.7. The van der Waals surface area contributed by atoms with Crippen molar-refractivity contribution in [1.29, 1.82) is 0 Å². The Balaban J connectivity index is 1.57. The highest BCUT2D eigenvalue weighted by Gasteiger charge is 2.43. The second-order valence-electron chi connectivity index (χ2n) is 11.2. The fraction of sp³-hybridized carbons (Fsp3) is 0.355. The Bertz CT molecular complexity index is 1590. The topological polar surface area (TPSA) is 142 Å². The van der Waals surface area contributed by atoms with Crippen molar-refractivity contribution in [3.63, 3.8) is 0 Å². The highest BCUT2D eigenvalue weighted by Crippen LogP contribution is 2.37. The van der Waals surface area contributed by atoms with E-state index in [1.165, 1.54) is 36.4 Å². The molecule has 1 heterocycles. The van der Waals surface area contributed by atoms with Gasteiger partial charge in [-0.25, -0.2) is 13.2 Å². The second kappa shape index (κ2) is 13.9. The van der Waals surface area contributed by atoms with Crippen molar-refractivity contribution in [2.45, 2.75) is 49.6 Å². The molecular weight excluding hydrogens is 613 g/mol. The maximum Gasteiger partial charge on any atom is 0.418 e. The lowest BCUT2D eigenvalue weighted by atomic mass is 10.0. The van der Waals surface area contributed by atoms with E-state index in [1.807, 2.05) is 13.8 Å². The van der Waals surface area contributed by atoms with Gasteiger partial charge in [0.05, 0.1) is 34.8 Å². The van der Waals surface area contributed by atoms with E-state index in [4.69, 9.17) is 10.5 Å². The van der Waals surface area contributed by atoms with Crippen molar-refractivity contribution in [2.75, 3.05) is 30.3 Å². The number of carbonyl (C=O) groups is 2. The summed E-state index contributed by atoms with van der Waals surface area (Å²) in [5.74, 6) is -0.974. The quantitative estimate of drug-likeness (QED) is 0.252. The number of benzene rings is 3. The number of carbonyl (C=O) groups excluding carboxylic acids is 2. The van der Waals surface area contributed by atoms with Crippen LogP contribution in [0.3, 0.4) is 0 Å². The van der Waals surface area contributed by atoms with Crippen LogP contribution in [-0.4, -0.2) is 67.7 Å². The van der Waals surface area contributed by atoms with E-state index in [0.29, 0.717) is 11.3 Å². The molecule has 4 N–H and O–H groups in total. The summed E-state index contributed by atoms with van der Waals surface area (Å²) in [5.41, 5.74) is 5.29. The first-order valence-electron chi connectivity index (χ1n) is 14.2. The number of rotatable bonds is 12. The van der Waals surface area contributed by atoms with Crippen molar-refractivity contribution in [1.82, 2.24) is 9.62 Å². The van der Waals surface area contributed by atoms with Crippen LogP contribution >= 0.6 is 0 Å². The van der Waals surface area contributed by atoms with E-state index in [9.17, 15) is 36.3 Å². The standard InChI is InChI=1S/C31H35F3N4O6S/c1-20(2)17-37(45(42,43)23-14-12-22(35)13-15-23)18-27(39)25(16-21-8-4-3-5-9-21)36-29(40)28-19-38(30(41)44-28)26-11-7-6-10-24(26)31(32,33)34/h3-15,20,25,27-28,39H,16-19,35H2,1-2H3,(H,36,40)/t25-,27+,28-/m0/s1. The Morgan fingerprint density at radius 3 is 2.29 bits per heavy atom. The van der Waals surface area contributed by atoms with Crippen molar-refractivity contribution < 1.29 is 41.0 Å². The van der Waals surface area contributed by atoms with Gasteiger partial charge in [0.2, 0.25) is 10.0 Å². The highest BCUT2D eigenvalue weighted by atomic mass is 32.2. The molecule has 1 aliphatic rings. The zero-order chi connectivity index (χ0) is 32.9. The van der Waals surface area contributed by atoms with E-state index in [1.54, 1.807) is 30.3 Å². The lowest BCUT2D eigenvalue weighted by molar-refractivity contribution is -0.137. The molecule has 3 aromatic rings.